The van der Waals surface area contributed by atoms with E-state index in [0.717, 1.165) is 17.9 Å². The fraction of sp³-hybridized carbons (Fsp3) is 0.467. The third-order valence-corrected chi connectivity index (χ3v) is 3.26. The van der Waals surface area contributed by atoms with E-state index in [2.05, 4.69) is 37.4 Å². The minimum absolute atomic E-state index is 0.796. The fourth-order valence-corrected chi connectivity index (χ4v) is 2.18. The van der Waals surface area contributed by atoms with Crippen LogP contribution in [0, 0.1) is 6.92 Å². The number of rotatable bonds is 5. The molecule has 0 aliphatic rings. The monoisotopic (exact) mass is 231 g/mol. The normalized spacial score (nSPS) is 11.2. The highest BCUT2D eigenvalue weighted by atomic mass is 16.3. The summed E-state index contributed by atoms with van der Waals surface area (Å²) < 4.78 is 5.84. The van der Waals surface area contributed by atoms with Crippen LogP contribution < -0.4 is 5.32 Å². The predicted molar refractivity (Wildman–Crippen MR) is 72.3 cm³/mol. The zero-order valence-corrected chi connectivity index (χ0v) is 11.0. The lowest BCUT2D eigenvalue weighted by Gasteiger charge is -1.99. The first-order valence-electron chi connectivity index (χ1n) is 6.41. The second-order valence-corrected chi connectivity index (χ2v) is 4.61. The van der Waals surface area contributed by atoms with Gasteiger partial charge < -0.3 is 9.73 Å². The molecule has 2 nitrogen and oxygen atoms in total. The Kier molecular flexibility index (Phi) is 3.85. The highest BCUT2D eigenvalue weighted by Gasteiger charge is 2.09. The van der Waals surface area contributed by atoms with Crippen LogP contribution in [0.1, 0.15) is 36.7 Å². The van der Waals surface area contributed by atoms with Crippen LogP contribution in [0.5, 0.6) is 0 Å². The summed E-state index contributed by atoms with van der Waals surface area (Å²) in [4.78, 5) is 0. The van der Waals surface area contributed by atoms with Crippen molar-refractivity contribution in [1.29, 1.82) is 0 Å². The lowest BCUT2D eigenvalue weighted by molar-refractivity contribution is 0.527. The molecule has 0 bridgehead atoms. The first-order valence-corrected chi connectivity index (χ1v) is 6.41. The molecule has 0 atom stereocenters. The molecule has 2 aromatic rings. The molecule has 2 heteroatoms. The topological polar surface area (TPSA) is 25.2 Å². The maximum absolute atomic E-state index is 5.84. The van der Waals surface area contributed by atoms with Gasteiger partial charge in [-0.25, -0.2) is 0 Å². The smallest absolute Gasteiger partial charge is 0.134 e. The number of aryl methyl sites for hydroxylation is 2. The Balaban J connectivity index is 2.35. The Bertz CT molecular complexity index is 499. The molecule has 0 aliphatic carbocycles. The lowest BCUT2D eigenvalue weighted by Crippen LogP contribution is -2.04. The molecule has 92 valence electrons. The van der Waals surface area contributed by atoms with E-state index < -0.39 is 0 Å². The van der Waals surface area contributed by atoms with Crippen molar-refractivity contribution in [1.82, 2.24) is 5.32 Å². The summed E-state index contributed by atoms with van der Waals surface area (Å²) in [5.41, 5.74) is 3.69. The van der Waals surface area contributed by atoms with Crippen molar-refractivity contribution in [2.75, 3.05) is 7.05 Å². The highest BCUT2D eigenvalue weighted by molar-refractivity contribution is 5.82. The summed E-state index contributed by atoms with van der Waals surface area (Å²) in [5.74, 6) is 1.05. The van der Waals surface area contributed by atoms with Gasteiger partial charge in [0.25, 0.3) is 0 Å². The number of hydrogen-bond donors (Lipinski definition) is 1. The van der Waals surface area contributed by atoms with Crippen molar-refractivity contribution >= 4 is 11.0 Å². The van der Waals surface area contributed by atoms with Gasteiger partial charge in [0, 0.05) is 5.39 Å². The van der Waals surface area contributed by atoms with Crippen molar-refractivity contribution in [3.63, 3.8) is 0 Å². The third-order valence-electron chi connectivity index (χ3n) is 3.26. The number of unbranched alkanes of at least 4 members (excludes halogenated alkanes) is 1. The number of nitrogens with one attached hydrogen (secondary N) is 1. The van der Waals surface area contributed by atoms with Gasteiger partial charge in [0.1, 0.15) is 11.3 Å². The van der Waals surface area contributed by atoms with Gasteiger partial charge in [-0.3, -0.25) is 0 Å². The van der Waals surface area contributed by atoms with Crippen LogP contribution >= 0.6 is 0 Å². The van der Waals surface area contributed by atoms with Crippen LogP contribution in [0.25, 0.3) is 11.0 Å². The van der Waals surface area contributed by atoms with E-state index in [-0.39, 0.29) is 0 Å². The quantitative estimate of drug-likeness (QED) is 0.846. The van der Waals surface area contributed by atoms with Gasteiger partial charge in [-0.05, 0) is 50.1 Å². The molecule has 0 amide bonds. The van der Waals surface area contributed by atoms with Gasteiger partial charge in [0.15, 0.2) is 0 Å². The van der Waals surface area contributed by atoms with Crippen LogP contribution in [-0.4, -0.2) is 7.05 Å². The first-order chi connectivity index (χ1) is 8.26. The summed E-state index contributed by atoms with van der Waals surface area (Å²) >= 11 is 0. The average Bonchev–Trinajstić information content (AvgIpc) is 2.65. The van der Waals surface area contributed by atoms with Gasteiger partial charge in [0.2, 0.25) is 0 Å². The molecule has 17 heavy (non-hydrogen) atoms. The Hall–Kier alpha value is -1.28. The second-order valence-electron chi connectivity index (χ2n) is 4.61. The zero-order chi connectivity index (χ0) is 12.3. The Labute approximate surface area is 103 Å². The Morgan fingerprint density at radius 2 is 2.12 bits per heavy atom. The maximum Gasteiger partial charge on any atom is 0.134 e. The van der Waals surface area contributed by atoms with Crippen LogP contribution in [0.3, 0.4) is 0 Å². The van der Waals surface area contributed by atoms with E-state index >= 15 is 0 Å². The molecule has 0 radical (unpaired) electrons. The SMILES string of the molecule is CCCCc1ccc2oc(CNC)c(C)c2c1. The summed E-state index contributed by atoms with van der Waals surface area (Å²) in [6, 6.07) is 6.57. The fourth-order valence-electron chi connectivity index (χ4n) is 2.18. The van der Waals surface area contributed by atoms with Crippen LogP contribution in [0.15, 0.2) is 22.6 Å². The van der Waals surface area contributed by atoms with E-state index in [1.54, 1.807) is 0 Å². The van der Waals surface area contributed by atoms with Gasteiger partial charge >= 0.3 is 0 Å². The molecule has 0 spiro atoms. The number of benzene rings is 1. The number of furan rings is 1. The maximum atomic E-state index is 5.84. The Morgan fingerprint density at radius 1 is 1.29 bits per heavy atom. The first kappa shape index (κ1) is 12.2. The van der Waals surface area contributed by atoms with E-state index in [0.29, 0.717) is 0 Å². The molecule has 1 aromatic heterocycles. The van der Waals surface area contributed by atoms with Gasteiger partial charge in [-0.1, -0.05) is 19.4 Å². The molecule has 1 N–H and O–H groups in total. The minimum Gasteiger partial charge on any atom is -0.459 e. The average molecular weight is 231 g/mol. The highest BCUT2D eigenvalue weighted by Crippen LogP contribution is 2.26. The molecule has 1 aromatic carbocycles. The van der Waals surface area contributed by atoms with Gasteiger partial charge in [0.05, 0.1) is 6.54 Å². The summed E-state index contributed by atoms with van der Waals surface area (Å²) in [7, 11) is 1.94. The molecule has 0 fully saturated rings. The van der Waals surface area contributed by atoms with Crippen molar-refractivity contribution in [2.24, 2.45) is 0 Å². The van der Waals surface area contributed by atoms with Gasteiger partial charge in [-0.15, -0.1) is 0 Å². The predicted octanol–water partition coefficient (Wildman–Crippen LogP) is 3.80. The third kappa shape index (κ3) is 2.52. The molecule has 1 heterocycles. The van der Waals surface area contributed by atoms with Crippen molar-refractivity contribution in [3.8, 4) is 0 Å². The standard InChI is InChI=1S/C15H21NO/c1-4-5-6-12-7-8-14-13(9-12)11(2)15(17-14)10-16-3/h7-9,16H,4-6,10H2,1-3H3. The zero-order valence-electron chi connectivity index (χ0n) is 11.0. The Morgan fingerprint density at radius 3 is 2.82 bits per heavy atom. The summed E-state index contributed by atoms with van der Waals surface area (Å²) in [5, 5.41) is 4.41. The minimum atomic E-state index is 0.796. The van der Waals surface area contributed by atoms with E-state index in [1.807, 2.05) is 7.05 Å². The van der Waals surface area contributed by atoms with Crippen LogP contribution in [0.4, 0.5) is 0 Å². The molecular weight excluding hydrogens is 210 g/mol. The molecular formula is C15H21NO. The molecule has 0 saturated heterocycles. The largest absolute Gasteiger partial charge is 0.459 e. The van der Waals surface area contributed by atoms with Crippen LogP contribution in [0.2, 0.25) is 0 Å². The van der Waals surface area contributed by atoms with Crippen molar-refractivity contribution < 1.29 is 4.42 Å². The molecule has 0 unspecified atom stereocenters. The van der Waals surface area contributed by atoms with Crippen molar-refractivity contribution in [3.05, 3.63) is 35.1 Å². The number of hydrogen-bond acceptors (Lipinski definition) is 2. The summed E-state index contributed by atoms with van der Waals surface area (Å²) in [6.07, 6.45) is 3.66. The van der Waals surface area contributed by atoms with Crippen molar-refractivity contribution in [2.45, 2.75) is 39.7 Å². The van der Waals surface area contributed by atoms with Gasteiger partial charge in [-0.2, -0.15) is 0 Å². The molecule has 0 aliphatic heterocycles. The van der Waals surface area contributed by atoms with Crippen LogP contribution in [-0.2, 0) is 13.0 Å². The molecule has 2 rings (SSSR count). The van der Waals surface area contributed by atoms with E-state index in [9.17, 15) is 0 Å². The second kappa shape index (κ2) is 5.37. The van der Waals surface area contributed by atoms with E-state index in [4.69, 9.17) is 4.42 Å². The number of fused-ring (bicyclic) bond motifs is 1. The van der Waals surface area contributed by atoms with E-state index in [1.165, 1.54) is 35.8 Å². The molecule has 0 saturated carbocycles. The lowest BCUT2D eigenvalue weighted by atomic mass is 10.0. The summed E-state index contributed by atoms with van der Waals surface area (Å²) in [6.45, 7) is 5.17.